The van der Waals surface area contributed by atoms with Gasteiger partial charge in [0.1, 0.15) is 0 Å². The van der Waals surface area contributed by atoms with Crippen LogP contribution in [0.4, 0.5) is 0 Å². The number of hydrogen-bond acceptors (Lipinski definition) is 2. The molecule has 0 spiro atoms. The van der Waals surface area contributed by atoms with Crippen molar-refractivity contribution >= 4 is 5.78 Å². The molecule has 2 unspecified atom stereocenters. The summed E-state index contributed by atoms with van der Waals surface area (Å²) >= 11 is 0. The lowest BCUT2D eigenvalue weighted by molar-refractivity contribution is -0.119. The molecule has 1 saturated carbocycles. The number of Topliss-reactive ketones (excluding diaryl/α,β-unsaturated/α-hetero) is 1. The summed E-state index contributed by atoms with van der Waals surface area (Å²) in [6, 6.07) is 0.271. The van der Waals surface area contributed by atoms with Gasteiger partial charge in [-0.1, -0.05) is 6.08 Å². The van der Waals surface area contributed by atoms with Gasteiger partial charge in [-0.2, -0.15) is 0 Å². The zero-order valence-corrected chi connectivity index (χ0v) is 8.67. The minimum Gasteiger partial charge on any atom is -0.328 e. The van der Waals surface area contributed by atoms with Gasteiger partial charge in [0.25, 0.3) is 0 Å². The van der Waals surface area contributed by atoms with Crippen LogP contribution in [-0.4, -0.2) is 11.8 Å². The summed E-state index contributed by atoms with van der Waals surface area (Å²) in [5.74, 6) is 0.645. The smallest absolute Gasteiger partial charge is 0.161 e. The van der Waals surface area contributed by atoms with Crippen LogP contribution in [0.15, 0.2) is 11.6 Å². The molecule has 2 N–H and O–H groups in total. The molecule has 2 nitrogen and oxygen atoms in total. The summed E-state index contributed by atoms with van der Waals surface area (Å²) in [6.07, 6.45) is 9.65. The maximum Gasteiger partial charge on any atom is 0.161 e. The van der Waals surface area contributed by atoms with Gasteiger partial charge in [-0.25, -0.2) is 0 Å². The molecule has 2 heteroatoms. The van der Waals surface area contributed by atoms with E-state index in [1.807, 2.05) is 0 Å². The lowest BCUT2D eigenvalue weighted by atomic mass is 9.89. The van der Waals surface area contributed by atoms with Crippen molar-refractivity contribution in [2.75, 3.05) is 0 Å². The van der Waals surface area contributed by atoms with E-state index in [0.717, 1.165) is 37.7 Å². The first-order chi connectivity index (χ1) is 6.77. The lowest BCUT2D eigenvalue weighted by Gasteiger charge is -2.15. The standard InChI is InChI=1S/C12H19NO/c13-11-7-6-10(8-11)12(14)9-4-2-1-3-5-9/h4,10-11H,1-3,5-8,13H2. The Labute approximate surface area is 85.6 Å². The third-order valence-electron chi connectivity index (χ3n) is 3.45. The molecule has 0 heterocycles. The molecule has 0 saturated heterocycles. The van der Waals surface area contributed by atoms with E-state index in [9.17, 15) is 4.79 Å². The zero-order valence-electron chi connectivity index (χ0n) is 8.67. The maximum atomic E-state index is 12.0. The summed E-state index contributed by atoms with van der Waals surface area (Å²) in [5.41, 5.74) is 6.91. The second-order valence-electron chi connectivity index (χ2n) is 4.61. The summed E-state index contributed by atoms with van der Waals surface area (Å²) in [5, 5.41) is 0. The molecule has 2 aliphatic rings. The molecule has 2 aliphatic carbocycles. The van der Waals surface area contributed by atoms with E-state index in [0.29, 0.717) is 5.78 Å². The number of carbonyl (C=O) groups is 1. The second-order valence-corrected chi connectivity index (χ2v) is 4.61. The predicted octanol–water partition coefficient (Wildman–Crippen LogP) is 2.18. The molecule has 14 heavy (non-hydrogen) atoms. The van der Waals surface area contributed by atoms with Crippen LogP contribution in [0.25, 0.3) is 0 Å². The number of nitrogens with two attached hydrogens (primary N) is 1. The highest BCUT2D eigenvalue weighted by molar-refractivity contribution is 5.97. The third kappa shape index (κ3) is 2.06. The number of rotatable bonds is 2. The summed E-state index contributed by atoms with van der Waals surface area (Å²) in [6.45, 7) is 0. The summed E-state index contributed by atoms with van der Waals surface area (Å²) in [7, 11) is 0. The Kier molecular flexibility index (Phi) is 3.02. The van der Waals surface area contributed by atoms with E-state index in [-0.39, 0.29) is 12.0 Å². The number of hydrogen-bond donors (Lipinski definition) is 1. The van der Waals surface area contributed by atoms with Gasteiger partial charge in [0.05, 0.1) is 0 Å². The molecular formula is C12H19NO. The zero-order chi connectivity index (χ0) is 9.97. The van der Waals surface area contributed by atoms with Crippen molar-refractivity contribution in [1.82, 2.24) is 0 Å². The van der Waals surface area contributed by atoms with E-state index in [1.165, 1.54) is 12.8 Å². The second kappa shape index (κ2) is 4.26. The van der Waals surface area contributed by atoms with Crippen molar-refractivity contribution < 1.29 is 4.79 Å². The van der Waals surface area contributed by atoms with Gasteiger partial charge in [-0.15, -0.1) is 0 Å². The van der Waals surface area contributed by atoms with Gasteiger partial charge >= 0.3 is 0 Å². The topological polar surface area (TPSA) is 43.1 Å². The van der Waals surface area contributed by atoms with Gasteiger partial charge in [0.2, 0.25) is 0 Å². The molecule has 1 fully saturated rings. The molecular weight excluding hydrogens is 174 g/mol. The quantitative estimate of drug-likeness (QED) is 0.730. The SMILES string of the molecule is NC1CCC(C(=O)C2=CCCCC2)C1. The number of carbonyl (C=O) groups excluding carboxylic acids is 1. The van der Waals surface area contributed by atoms with Crippen molar-refractivity contribution in [1.29, 1.82) is 0 Å². The highest BCUT2D eigenvalue weighted by Crippen LogP contribution is 2.30. The Morgan fingerprint density at radius 2 is 2.21 bits per heavy atom. The third-order valence-corrected chi connectivity index (χ3v) is 3.45. The molecule has 0 aromatic heterocycles. The maximum absolute atomic E-state index is 12.0. The van der Waals surface area contributed by atoms with Gasteiger partial charge in [0.15, 0.2) is 5.78 Å². The Morgan fingerprint density at radius 1 is 1.36 bits per heavy atom. The van der Waals surface area contributed by atoms with Gasteiger partial charge in [0, 0.05) is 12.0 Å². The van der Waals surface area contributed by atoms with Crippen LogP contribution in [0, 0.1) is 5.92 Å². The van der Waals surface area contributed by atoms with Crippen LogP contribution < -0.4 is 5.73 Å². The fourth-order valence-electron chi connectivity index (χ4n) is 2.58. The Morgan fingerprint density at radius 3 is 2.79 bits per heavy atom. The van der Waals surface area contributed by atoms with Gasteiger partial charge in [-0.3, -0.25) is 4.79 Å². The van der Waals surface area contributed by atoms with E-state index >= 15 is 0 Å². The van der Waals surface area contributed by atoms with Crippen LogP contribution in [-0.2, 0) is 4.79 Å². The molecule has 0 amide bonds. The Balaban J connectivity index is 1.97. The van der Waals surface area contributed by atoms with Crippen molar-refractivity contribution in [2.45, 2.75) is 51.0 Å². The number of ketones is 1. The minimum atomic E-state index is 0.245. The summed E-state index contributed by atoms with van der Waals surface area (Å²) < 4.78 is 0. The van der Waals surface area contributed by atoms with Gasteiger partial charge in [-0.05, 0) is 50.5 Å². The fourth-order valence-corrected chi connectivity index (χ4v) is 2.58. The van der Waals surface area contributed by atoms with Crippen LogP contribution >= 0.6 is 0 Å². The summed E-state index contributed by atoms with van der Waals surface area (Å²) in [4.78, 5) is 12.0. The minimum absolute atomic E-state index is 0.245. The van der Waals surface area contributed by atoms with Crippen LogP contribution in [0.1, 0.15) is 44.9 Å². The van der Waals surface area contributed by atoms with Crippen molar-refractivity contribution in [3.05, 3.63) is 11.6 Å². The van der Waals surface area contributed by atoms with E-state index in [4.69, 9.17) is 5.73 Å². The average molecular weight is 193 g/mol. The van der Waals surface area contributed by atoms with Crippen molar-refractivity contribution in [2.24, 2.45) is 11.7 Å². The normalized spacial score (nSPS) is 32.8. The molecule has 2 rings (SSSR count). The molecule has 0 aromatic carbocycles. The molecule has 0 aliphatic heterocycles. The van der Waals surface area contributed by atoms with Crippen LogP contribution in [0.5, 0.6) is 0 Å². The predicted molar refractivity (Wildman–Crippen MR) is 56.9 cm³/mol. The number of allylic oxidation sites excluding steroid dienone is 2. The highest BCUT2D eigenvalue weighted by Gasteiger charge is 2.29. The molecule has 0 radical (unpaired) electrons. The first kappa shape index (κ1) is 9.91. The average Bonchev–Trinajstić information content (AvgIpc) is 2.65. The fraction of sp³-hybridized carbons (Fsp3) is 0.750. The lowest BCUT2D eigenvalue weighted by Crippen LogP contribution is -2.19. The monoisotopic (exact) mass is 193 g/mol. The van der Waals surface area contributed by atoms with E-state index in [1.54, 1.807) is 0 Å². The first-order valence-electron chi connectivity index (χ1n) is 5.76. The molecule has 0 aromatic rings. The Hall–Kier alpha value is -0.630. The first-order valence-corrected chi connectivity index (χ1v) is 5.76. The van der Waals surface area contributed by atoms with E-state index < -0.39 is 0 Å². The van der Waals surface area contributed by atoms with Crippen molar-refractivity contribution in [3.63, 3.8) is 0 Å². The molecule has 78 valence electrons. The largest absolute Gasteiger partial charge is 0.328 e. The molecule has 2 atom stereocenters. The molecule has 0 bridgehead atoms. The Bertz CT molecular complexity index is 257. The highest BCUT2D eigenvalue weighted by atomic mass is 16.1. The van der Waals surface area contributed by atoms with Gasteiger partial charge < -0.3 is 5.73 Å². The van der Waals surface area contributed by atoms with Crippen molar-refractivity contribution in [3.8, 4) is 0 Å². The van der Waals surface area contributed by atoms with E-state index in [2.05, 4.69) is 6.08 Å². The van der Waals surface area contributed by atoms with Crippen LogP contribution in [0.3, 0.4) is 0 Å². The van der Waals surface area contributed by atoms with Crippen LogP contribution in [0.2, 0.25) is 0 Å².